The molecule has 3 rings (SSSR count). The maximum atomic E-state index is 6.10. The van der Waals surface area contributed by atoms with E-state index < -0.39 is 0 Å². The Labute approximate surface area is 119 Å². The van der Waals surface area contributed by atoms with Crippen LogP contribution in [0.3, 0.4) is 0 Å². The highest BCUT2D eigenvalue weighted by Crippen LogP contribution is 2.40. The second-order valence-corrected chi connectivity index (χ2v) is 6.23. The molecule has 0 spiro atoms. The highest BCUT2D eigenvalue weighted by atomic mass is 35.5. The van der Waals surface area contributed by atoms with Crippen molar-refractivity contribution in [1.82, 2.24) is 0 Å². The van der Waals surface area contributed by atoms with Crippen molar-refractivity contribution in [3.05, 3.63) is 64.7 Å². The Morgan fingerprint density at radius 1 is 1.11 bits per heavy atom. The van der Waals surface area contributed by atoms with Crippen LogP contribution in [0.1, 0.15) is 25.0 Å². The summed E-state index contributed by atoms with van der Waals surface area (Å²) in [6, 6.07) is 17.1. The summed E-state index contributed by atoms with van der Waals surface area (Å²) in [5, 5.41) is 4.48. The number of nitrogens with one attached hydrogen (secondary N) is 1. The van der Waals surface area contributed by atoms with Crippen LogP contribution in [0.4, 0.5) is 5.69 Å². The van der Waals surface area contributed by atoms with Gasteiger partial charge in [-0.05, 0) is 41.8 Å². The molecule has 0 aromatic heterocycles. The molecular formula is C17H18ClN. The highest BCUT2D eigenvalue weighted by Gasteiger charge is 2.39. The minimum Gasteiger partial charge on any atom is -0.381 e. The topological polar surface area (TPSA) is 12.0 Å². The number of halogens is 1. The largest absolute Gasteiger partial charge is 0.381 e. The number of fused-ring (bicyclic) bond motifs is 1. The molecule has 1 aliphatic rings. The van der Waals surface area contributed by atoms with Crippen LogP contribution in [0, 0.1) is 0 Å². The lowest BCUT2D eigenvalue weighted by molar-refractivity contribution is 0.470. The first kappa shape index (κ1) is 12.6. The Balaban J connectivity index is 1.90. The van der Waals surface area contributed by atoms with Gasteiger partial charge in [0, 0.05) is 22.2 Å². The molecule has 19 heavy (non-hydrogen) atoms. The number of para-hydroxylation sites is 1. The van der Waals surface area contributed by atoms with Gasteiger partial charge >= 0.3 is 0 Å². The van der Waals surface area contributed by atoms with Crippen LogP contribution >= 0.6 is 11.6 Å². The average molecular weight is 272 g/mol. The van der Waals surface area contributed by atoms with E-state index in [9.17, 15) is 0 Å². The quantitative estimate of drug-likeness (QED) is 0.838. The van der Waals surface area contributed by atoms with Crippen molar-refractivity contribution >= 4 is 17.3 Å². The predicted octanol–water partition coefficient (Wildman–Crippen LogP) is 4.65. The molecule has 0 aliphatic heterocycles. The maximum absolute atomic E-state index is 6.10. The number of rotatable bonds is 2. The van der Waals surface area contributed by atoms with Crippen LogP contribution in [0.5, 0.6) is 0 Å². The molecule has 0 saturated heterocycles. The average Bonchev–Trinajstić information content (AvgIpc) is 2.62. The SMILES string of the molecule is CC1(C)c2ccc(Cl)cc2CC1Nc1ccccc1. The van der Waals surface area contributed by atoms with Crippen molar-refractivity contribution in [2.45, 2.75) is 31.7 Å². The van der Waals surface area contributed by atoms with Gasteiger partial charge < -0.3 is 5.32 Å². The molecule has 1 aliphatic carbocycles. The Hall–Kier alpha value is -1.47. The fraction of sp³-hybridized carbons (Fsp3) is 0.294. The molecule has 2 heteroatoms. The normalized spacial score (nSPS) is 20.1. The van der Waals surface area contributed by atoms with Crippen LogP contribution in [0.25, 0.3) is 0 Å². The molecule has 0 saturated carbocycles. The summed E-state index contributed by atoms with van der Waals surface area (Å²) in [5.41, 5.74) is 4.08. The molecule has 1 N–H and O–H groups in total. The van der Waals surface area contributed by atoms with Gasteiger partial charge in [-0.15, -0.1) is 0 Å². The number of hydrogen-bond donors (Lipinski definition) is 1. The van der Waals surface area contributed by atoms with Crippen molar-refractivity contribution < 1.29 is 0 Å². The van der Waals surface area contributed by atoms with E-state index in [4.69, 9.17) is 11.6 Å². The third-order valence-electron chi connectivity index (χ3n) is 4.17. The van der Waals surface area contributed by atoms with Gasteiger partial charge in [-0.2, -0.15) is 0 Å². The number of anilines is 1. The maximum Gasteiger partial charge on any atom is 0.0408 e. The van der Waals surface area contributed by atoms with Crippen LogP contribution in [0.2, 0.25) is 5.02 Å². The third kappa shape index (κ3) is 2.23. The number of benzene rings is 2. The van der Waals surface area contributed by atoms with E-state index in [1.54, 1.807) is 0 Å². The zero-order valence-electron chi connectivity index (χ0n) is 11.3. The van der Waals surface area contributed by atoms with E-state index in [1.807, 2.05) is 12.1 Å². The molecule has 1 nitrogen and oxygen atoms in total. The third-order valence-corrected chi connectivity index (χ3v) is 4.41. The van der Waals surface area contributed by atoms with Crippen molar-refractivity contribution in [2.75, 3.05) is 5.32 Å². The van der Waals surface area contributed by atoms with Crippen molar-refractivity contribution in [3.8, 4) is 0 Å². The van der Waals surface area contributed by atoms with E-state index in [-0.39, 0.29) is 5.41 Å². The second kappa shape index (κ2) is 4.57. The van der Waals surface area contributed by atoms with Gasteiger partial charge in [0.1, 0.15) is 0 Å². The second-order valence-electron chi connectivity index (χ2n) is 5.79. The van der Waals surface area contributed by atoms with Gasteiger partial charge in [-0.25, -0.2) is 0 Å². The van der Waals surface area contributed by atoms with E-state index >= 15 is 0 Å². The molecule has 0 radical (unpaired) electrons. The van der Waals surface area contributed by atoms with Gasteiger partial charge in [0.15, 0.2) is 0 Å². The summed E-state index contributed by atoms with van der Waals surface area (Å²) in [6.07, 6.45) is 1.03. The van der Waals surface area contributed by atoms with Crippen LogP contribution in [-0.2, 0) is 11.8 Å². The lowest BCUT2D eigenvalue weighted by Gasteiger charge is -2.30. The first-order chi connectivity index (χ1) is 9.07. The van der Waals surface area contributed by atoms with Crippen molar-refractivity contribution in [3.63, 3.8) is 0 Å². The molecule has 0 bridgehead atoms. The molecule has 1 atom stereocenters. The summed E-state index contributed by atoms with van der Waals surface area (Å²) in [5.74, 6) is 0. The Morgan fingerprint density at radius 2 is 1.84 bits per heavy atom. The summed E-state index contributed by atoms with van der Waals surface area (Å²) >= 11 is 6.10. The van der Waals surface area contributed by atoms with Crippen molar-refractivity contribution in [1.29, 1.82) is 0 Å². The summed E-state index contributed by atoms with van der Waals surface area (Å²) < 4.78 is 0. The minimum absolute atomic E-state index is 0.121. The molecule has 2 aromatic carbocycles. The van der Waals surface area contributed by atoms with E-state index in [0.717, 1.165) is 11.4 Å². The lowest BCUT2D eigenvalue weighted by atomic mass is 9.83. The fourth-order valence-corrected chi connectivity index (χ4v) is 3.18. The van der Waals surface area contributed by atoms with Crippen molar-refractivity contribution in [2.24, 2.45) is 0 Å². The molecule has 0 heterocycles. The van der Waals surface area contributed by atoms with E-state index in [0.29, 0.717) is 6.04 Å². The molecular weight excluding hydrogens is 254 g/mol. The zero-order chi connectivity index (χ0) is 13.5. The Kier molecular flexibility index (Phi) is 3.02. The first-order valence-corrected chi connectivity index (χ1v) is 7.05. The summed E-state index contributed by atoms with van der Waals surface area (Å²) in [6.45, 7) is 4.60. The van der Waals surface area contributed by atoms with E-state index in [2.05, 4.69) is 55.6 Å². The van der Waals surface area contributed by atoms with Gasteiger partial charge in [0.05, 0.1) is 0 Å². The molecule has 0 amide bonds. The molecule has 0 fully saturated rings. The Morgan fingerprint density at radius 3 is 2.58 bits per heavy atom. The smallest absolute Gasteiger partial charge is 0.0408 e. The summed E-state index contributed by atoms with van der Waals surface area (Å²) in [4.78, 5) is 0. The number of hydrogen-bond acceptors (Lipinski definition) is 1. The standard InChI is InChI=1S/C17H18ClN/c1-17(2)15-9-8-13(18)10-12(15)11-16(17)19-14-6-4-3-5-7-14/h3-10,16,19H,11H2,1-2H3. The molecule has 1 unspecified atom stereocenters. The van der Waals surface area contributed by atoms with Crippen LogP contribution in [0.15, 0.2) is 48.5 Å². The summed E-state index contributed by atoms with van der Waals surface area (Å²) in [7, 11) is 0. The van der Waals surface area contributed by atoms with Gasteiger partial charge in [-0.1, -0.05) is 49.7 Å². The lowest BCUT2D eigenvalue weighted by Crippen LogP contribution is -2.36. The van der Waals surface area contributed by atoms with Crippen LogP contribution in [-0.4, -0.2) is 6.04 Å². The molecule has 98 valence electrons. The van der Waals surface area contributed by atoms with Gasteiger partial charge in [-0.3, -0.25) is 0 Å². The fourth-order valence-electron chi connectivity index (χ4n) is 2.99. The Bertz CT molecular complexity index is 589. The minimum atomic E-state index is 0.121. The van der Waals surface area contributed by atoms with Gasteiger partial charge in [0.25, 0.3) is 0 Å². The zero-order valence-corrected chi connectivity index (χ0v) is 12.0. The first-order valence-electron chi connectivity index (χ1n) is 6.68. The molecule has 2 aromatic rings. The van der Waals surface area contributed by atoms with Gasteiger partial charge in [0.2, 0.25) is 0 Å². The highest BCUT2D eigenvalue weighted by molar-refractivity contribution is 6.30. The monoisotopic (exact) mass is 271 g/mol. The van der Waals surface area contributed by atoms with E-state index in [1.165, 1.54) is 16.8 Å². The predicted molar refractivity (Wildman–Crippen MR) is 82.0 cm³/mol. The van der Waals surface area contributed by atoms with Crippen LogP contribution < -0.4 is 5.32 Å².